The third-order valence-corrected chi connectivity index (χ3v) is 11.2. The summed E-state index contributed by atoms with van der Waals surface area (Å²) in [5.41, 5.74) is 0. The Kier molecular flexibility index (Phi) is 44.1. The Labute approximate surface area is 353 Å². The molecule has 0 rings (SSSR count). The molecule has 0 aliphatic heterocycles. The standard InChI is InChI=1S/C49H96N2O6/c1-5-9-12-15-18-19-20-26-34-44-56-48(53)38-31-27-33-42-51(43-35-40-50-47(52)45-55-8-4)41-32-25-21-24-30-39-49(54)57-46(36-28-22-16-13-10-6-2)37-29-23-17-14-11-7-3/h46H,5-45H2,1-4H3,(H,50,52). The topological polar surface area (TPSA) is 94.2 Å². The summed E-state index contributed by atoms with van der Waals surface area (Å²) in [6, 6.07) is 0. The van der Waals surface area contributed by atoms with Gasteiger partial charge in [-0.2, -0.15) is 0 Å². The maximum absolute atomic E-state index is 12.8. The van der Waals surface area contributed by atoms with Gasteiger partial charge in [0.05, 0.1) is 6.61 Å². The zero-order chi connectivity index (χ0) is 41.7. The molecule has 0 aromatic rings. The van der Waals surface area contributed by atoms with Crippen LogP contribution in [0.25, 0.3) is 0 Å². The van der Waals surface area contributed by atoms with Gasteiger partial charge in [-0.05, 0) is 90.8 Å². The third kappa shape index (κ3) is 42.3. The number of carbonyl (C=O) groups is 3. The average molecular weight is 809 g/mol. The van der Waals surface area contributed by atoms with E-state index in [2.05, 4.69) is 31.0 Å². The predicted octanol–water partition coefficient (Wildman–Crippen LogP) is 13.2. The first-order chi connectivity index (χ1) is 28.0. The number of amides is 1. The molecular weight excluding hydrogens is 713 g/mol. The summed E-state index contributed by atoms with van der Waals surface area (Å²) in [7, 11) is 0. The van der Waals surface area contributed by atoms with Crippen LogP contribution < -0.4 is 5.32 Å². The lowest BCUT2D eigenvalue weighted by molar-refractivity contribution is -0.150. The lowest BCUT2D eigenvalue weighted by atomic mass is 10.0. The van der Waals surface area contributed by atoms with Crippen LogP contribution in [-0.4, -0.2) is 74.8 Å². The van der Waals surface area contributed by atoms with Crippen molar-refractivity contribution in [3.63, 3.8) is 0 Å². The first-order valence-corrected chi connectivity index (χ1v) is 24.9. The van der Waals surface area contributed by atoms with E-state index in [1.165, 1.54) is 122 Å². The molecule has 0 aromatic heterocycles. The SMILES string of the molecule is CCCCCCCCCCCOC(=O)CCCCCN(CCCCCCCC(=O)OC(CCCCCCCC)CCCCCCCC)CCCNC(=O)COCC. The minimum Gasteiger partial charge on any atom is -0.466 e. The first kappa shape index (κ1) is 55.3. The van der Waals surface area contributed by atoms with Gasteiger partial charge in [0.15, 0.2) is 0 Å². The molecule has 57 heavy (non-hydrogen) atoms. The van der Waals surface area contributed by atoms with Crippen molar-refractivity contribution in [3.05, 3.63) is 0 Å². The summed E-state index contributed by atoms with van der Waals surface area (Å²) >= 11 is 0. The number of hydrogen-bond acceptors (Lipinski definition) is 7. The Morgan fingerprint density at radius 2 is 0.895 bits per heavy atom. The van der Waals surface area contributed by atoms with E-state index in [0.29, 0.717) is 32.6 Å². The van der Waals surface area contributed by atoms with E-state index >= 15 is 0 Å². The van der Waals surface area contributed by atoms with Crippen molar-refractivity contribution in [1.82, 2.24) is 10.2 Å². The Bertz CT molecular complexity index is 855. The summed E-state index contributed by atoms with van der Waals surface area (Å²) in [6.07, 6.45) is 39.1. The second-order valence-electron chi connectivity index (χ2n) is 16.8. The maximum atomic E-state index is 12.8. The second kappa shape index (κ2) is 45.4. The molecule has 0 atom stereocenters. The molecule has 338 valence electrons. The average Bonchev–Trinajstić information content (AvgIpc) is 3.20. The molecule has 0 aliphatic rings. The van der Waals surface area contributed by atoms with Gasteiger partial charge in [-0.3, -0.25) is 14.4 Å². The minimum absolute atomic E-state index is 0.00329. The molecule has 1 amide bonds. The molecule has 0 saturated carbocycles. The van der Waals surface area contributed by atoms with Crippen LogP contribution in [0.4, 0.5) is 0 Å². The molecule has 8 heteroatoms. The number of nitrogens with zero attached hydrogens (tertiary/aromatic N) is 1. The highest BCUT2D eigenvalue weighted by atomic mass is 16.5. The van der Waals surface area contributed by atoms with Gasteiger partial charge in [0.1, 0.15) is 12.7 Å². The number of unbranched alkanes of at least 4 members (excludes halogenated alkanes) is 24. The fraction of sp³-hybridized carbons (Fsp3) is 0.939. The first-order valence-electron chi connectivity index (χ1n) is 24.9. The van der Waals surface area contributed by atoms with E-state index in [9.17, 15) is 14.4 Å². The zero-order valence-corrected chi connectivity index (χ0v) is 38.5. The summed E-state index contributed by atoms with van der Waals surface area (Å²) < 4.78 is 16.8. The van der Waals surface area contributed by atoms with E-state index in [1.807, 2.05) is 6.92 Å². The van der Waals surface area contributed by atoms with Crippen molar-refractivity contribution >= 4 is 17.8 Å². The van der Waals surface area contributed by atoms with E-state index in [1.54, 1.807) is 0 Å². The van der Waals surface area contributed by atoms with Gasteiger partial charge in [-0.1, -0.05) is 162 Å². The van der Waals surface area contributed by atoms with Gasteiger partial charge in [0.25, 0.3) is 0 Å². The van der Waals surface area contributed by atoms with Gasteiger partial charge in [-0.15, -0.1) is 0 Å². The number of ether oxygens (including phenoxy) is 3. The van der Waals surface area contributed by atoms with Crippen molar-refractivity contribution in [2.75, 3.05) is 46.0 Å². The normalized spacial score (nSPS) is 11.5. The van der Waals surface area contributed by atoms with Crippen LogP contribution in [0.5, 0.6) is 0 Å². The van der Waals surface area contributed by atoms with Crippen LogP contribution in [0, 0.1) is 0 Å². The molecule has 0 aliphatic carbocycles. The maximum Gasteiger partial charge on any atom is 0.306 e. The van der Waals surface area contributed by atoms with Crippen LogP contribution in [0.2, 0.25) is 0 Å². The molecule has 0 saturated heterocycles. The second-order valence-corrected chi connectivity index (χ2v) is 16.8. The molecular formula is C49H96N2O6. The molecule has 0 spiro atoms. The minimum atomic E-state index is -0.0527. The van der Waals surface area contributed by atoms with Gasteiger partial charge in [0, 0.05) is 26.0 Å². The molecule has 0 heterocycles. The van der Waals surface area contributed by atoms with Gasteiger partial charge in [-0.25, -0.2) is 0 Å². The van der Waals surface area contributed by atoms with E-state index in [4.69, 9.17) is 14.2 Å². The quantitative estimate of drug-likeness (QED) is 0.0483. The van der Waals surface area contributed by atoms with Crippen molar-refractivity contribution in [1.29, 1.82) is 0 Å². The van der Waals surface area contributed by atoms with Crippen molar-refractivity contribution in [2.24, 2.45) is 0 Å². The number of rotatable bonds is 46. The molecule has 0 bridgehead atoms. The predicted molar refractivity (Wildman–Crippen MR) is 241 cm³/mol. The fourth-order valence-corrected chi connectivity index (χ4v) is 7.51. The number of hydrogen-bond donors (Lipinski definition) is 1. The molecule has 0 aromatic carbocycles. The van der Waals surface area contributed by atoms with Crippen LogP contribution in [0.1, 0.15) is 246 Å². The van der Waals surface area contributed by atoms with Crippen LogP contribution in [0.3, 0.4) is 0 Å². The lowest BCUT2D eigenvalue weighted by Crippen LogP contribution is -2.33. The largest absolute Gasteiger partial charge is 0.466 e. The highest BCUT2D eigenvalue weighted by Gasteiger charge is 2.14. The Morgan fingerprint density at radius 3 is 1.42 bits per heavy atom. The molecule has 1 N–H and O–H groups in total. The van der Waals surface area contributed by atoms with Crippen LogP contribution in [0.15, 0.2) is 0 Å². The van der Waals surface area contributed by atoms with Gasteiger partial charge in [0.2, 0.25) is 5.91 Å². The molecule has 0 unspecified atom stereocenters. The summed E-state index contributed by atoms with van der Waals surface area (Å²) in [5.74, 6) is -0.102. The Balaban J connectivity index is 4.40. The lowest BCUT2D eigenvalue weighted by Gasteiger charge is -2.22. The van der Waals surface area contributed by atoms with Crippen LogP contribution >= 0.6 is 0 Å². The van der Waals surface area contributed by atoms with Crippen molar-refractivity contribution < 1.29 is 28.6 Å². The Morgan fingerprint density at radius 1 is 0.474 bits per heavy atom. The van der Waals surface area contributed by atoms with E-state index < -0.39 is 0 Å². The summed E-state index contributed by atoms with van der Waals surface area (Å²) in [6.45, 7) is 13.5. The number of carbonyl (C=O) groups excluding carboxylic acids is 3. The Hall–Kier alpha value is -1.67. The monoisotopic (exact) mass is 809 g/mol. The van der Waals surface area contributed by atoms with Gasteiger partial charge < -0.3 is 24.4 Å². The number of nitrogens with one attached hydrogen (secondary N) is 1. The third-order valence-electron chi connectivity index (χ3n) is 11.2. The van der Waals surface area contributed by atoms with Gasteiger partial charge >= 0.3 is 11.9 Å². The fourth-order valence-electron chi connectivity index (χ4n) is 7.51. The molecule has 8 nitrogen and oxygen atoms in total. The highest BCUT2D eigenvalue weighted by Crippen LogP contribution is 2.18. The smallest absolute Gasteiger partial charge is 0.306 e. The van der Waals surface area contributed by atoms with Crippen molar-refractivity contribution in [3.8, 4) is 0 Å². The van der Waals surface area contributed by atoms with Crippen LogP contribution in [-0.2, 0) is 28.6 Å². The zero-order valence-electron chi connectivity index (χ0n) is 38.5. The van der Waals surface area contributed by atoms with Crippen molar-refractivity contribution in [2.45, 2.75) is 252 Å². The van der Waals surface area contributed by atoms with E-state index in [0.717, 1.165) is 103 Å². The van der Waals surface area contributed by atoms with E-state index in [-0.39, 0.29) is 30.6 Å². The molecule has 0 radical (unpaired) electrons. The highest BCUT2D eigenvalue weighted by molar-refractivity contribution is 5.77. The summed E-state index contributed by atoms with van der Waals surface area (Å²) in [4.78, 5) is 39.5. The summed E-state index contributed by atoms with van der Waals surface area (Å²) in [5, 5.41) is 2.97. The molecule has 0 fully saturated rings. The number of esters is 2.